The van der Waals surface area contributed by atoms with Crippen molar-refractivity contribution >= 4 is 16.9 Å². The average Bonchev–Trinajstić information content (AvgIpc) is 3.14. The number of primary amides is 1. The number of allylic oxidation sites excluding steroid dienone is 4. The fourth-order valence-electron chi connectivity index (χ4n) is 2.52. The zero-order valence-electron chi connectivity index (χ0n) is 15.6. The number of H-pyrrole nitrogens is 1. The summed E-state index contributed by atoms with van der Waals surface area (Å²) in [4.78, 5) is 29.2. The fraction of sp³-hybridized carbons (Fsp3) is 0.0476. The predicted molar refractivity (Wildman–Crippen MR) is 110 cm³/mol. The van der Waals surface area contributed by atoms with Gasteiger partial charge in [0.1, 0.15) is 17.3 Å². The van der Waals surface area contributed by atoms with E-state index in [1.807, 2.05) is 12.1 Å². The lowest BCUT2D eigenvalue weighted by Crippen LogP contribution is -2.10. The van der Waals surface area contributed by atoms with Crippen molar-refractivity contribution in [3.05, 3.63) is 94.4 Å². The molecule has 1 amide bonds. The molecule has 29 heavy (non-hydrogen) atoms. The standard InChI is InChI=1S/C21H18N4O4/c1-3-16(8-4-13(2)25(27)28)29-17-9-5-14(6-10-17)21-23-18-11-7-15(20(22)26)12-19(18)24-21/h3-12H,1H2,2H3,(H2,22,26)(H,23,24)/b13-4+,16-8+. The number of aromatic amines is 1. The van der Waals surface area contributed by atoms with Gasteiger partial charge in [-0.15, -0.1) is 0 Å². The van der Waals surface area contributed by atoms with Crippen LogP contribution in [-0.4, -0.2) is 20.8 Å². The lowest BCUT2D eigenvalue weighted by atomic mass is 10.2. The molecule has 0 radical (unpaired) electrons. The third kappa shape index (κ3) is 4.56. The smallest absolute Gasteiger partial charge is 0.248 e. The normalized spacial score (nSPS) is 12.0. The van der Waals surface area contributed by atoms with Gasteiger partial charge in [0.2, 0.25) is 11.6 Å². The molecule has 146 valence electrons. The summed E-state index contributed by atoms with van der Waals surface area (Å²) in [6, 6.07) is 12.2. The Morgan fingerprint density at radius 1 is 1.24 bits per heavy atom. The molecule has 1 aromatic heterocycles. The Morgan fingerprint density at radius 3 is 2.59 bits per heavy atom. The van der Waals surface area contributed by atoms with E-state index in [9.17, 15) is 14.9 Å². The number of nitro groups is 1. The third-order valence-corrected chi connectivity index (χ3v) is 4.11. The maximum absolute atomic E-state index is 11.3. The number of imidazole rings is 1. The van der Waals surface area contributed by atoms with E-state index in [2.05, 4.69) is 16.5 Å². The highest BCUT2D eigenvalue weighted by Gasteiger charge is 2.09. The van der Waals surface area contributed by atoms with Crippen LogP contribution < -0.4 is 10.5 Å². The molecule has 3 N–H and O–H groups in total. The van der Waals surface area contributed by atoms with Crippen LogP contribution in [0.15, 0.2) is 78.7 Å². The van der Waals surface area contributed by atoms with Crippen molar-refractivity contribution in [1.82, 2.24) is 9.97 Å². The number of rotatable bonds is 7. The van der Waals surface area contributed by atoms with Gasteiger partial charge in [0.15, 0.2) is 0 Å². The maximum Gasteiger partial charge on any atom is 0.248 e. The molecule has 0 saturated carbocycles. The van der Waals surface area contributed by atoms with E-state index >= 15 is 0 Å². The van der Waals surface area contributed by atoms with Crippen LogP contribution >= 0.6 is 0 Å². The first-order valence-corrected chi connectivity index (χ1v) is 8.60. The minimum Gasteiger partial charge on any atom is -0.457 e. The van der Waals surface area contributed by atoms with Crippen LogP contribution in [0.4, 0.5) is 0 Å². The molecule has 0 spiro atoms. The van der Waals surface area contributed by atoms with Crippen LogP contribution in [0.3, 0.4) is 0 Å². The van der Waals surface area contributed by atoms with Crippen molar-refractivity contribution in [2.45, 2.75) is 6.92 Å². The molecule has 3 rings (SSSR count). The SMILES string of the molecule is C=C/C(=C\C=C(/C)[N+](=O)[O-])Oc1ccc(-c2nc3ccc(C(N)=O)cc3[nH]2)cc1. The van der Waals surface area contributed by atoms with Crippen molar-refractivity contribution in [2.75, 3.05) is 0 Å². The second kappa shape index (κ2) is 8.22. The predicted octanol–water partition coefficient (Wildman–Crippen LogP) is 3.96. The van der Waals surface area contributed by atoms with E-state index in [-0.39, 0.29) is 5.70 Å². The van der Waals surface area contributed by atoms with Gasteiger partial charge in [-0.25, -0.2) is 4.98 Å². The van der Waals surface area contributed by atoms with E-state index < -0.39 is 10.8 Å². The van der Waals surface area contributed by atoms with Gasteiger partial charge in [-0.05, 0) is 54.6 Å². The van der Waals surface area contributed by atoms with Crippen molar-refractivity contribution in [1.29, 1.82) is 0 Å². The number of fused-ring (bicyclic) bond motifs is 1. The molecule has 8 heteroatoms. The monoisotopic (exact) mass is 390 g/mol. The number of nitrogens with one attached hydrogen (secondary N) is 1. The molecular weight excluding hydrogens is 372 g/mol. The number of carbonyl (C=O) groups excluding carboxylic acids is 1. The second-order valence-electron chi connectivity index (χ2n) is 6.15. The topological polar surface area (TPSA) is 124 Å². The second-order valence-corrected chi connectivity index (χ2v) is 6.15. The molecule has 0 bridgehead atoms. The van der Waals surface area contributed by atoms with Gasteiger partial charge >= 0.3 is 0 Å². The number of nitrogens with zero attached hydrogens (tertiary/aromatic N) is 2. The van der Waals surface area contributed by atoms with Crippen molar-refractivity contribution in [3.63, 3.8) is 0 Å². The molecule has 0 aliphatic carbocycles. The lowest BCUT2D eigenvalue weighted by molar-refractivity contribution is -0.424. The molecular formula is C21H18N4O4. The molecule has 0 aliphatic heterocycles. The van der Waals surface area contributed by atoms with Gasteiger partial charge in [-0.2, -0.15) is 0 Å². The van der Waals surface area contributed by atoms with Gasteiger partial charge in [-0.1, -0.05) is 6.58 Å². The summed E-state index contributed by atoms with van der Waals surface area (Å²) in [5.74, 6) is 1.05. The van der Waals surface area contributed by atoms with Gasteiger partial charge < -0.3 is 15.5 Å². The molecule has 0 saturated heterocycles. The number of aromatic nitrogens is 2. The van der Waals surface area contributed by atoms with E-state index in [1.54, 1.807) is 30.3 Å². The molecule has 8 nitrogen and oxygen atoms in total. The Balaban J connectivity index is 1.81. The average molecular weight is 390 g/mol. The van der Waals surface area contributed by atoms with Crippen LogP contribution in [0, 0.1) is 10.1 Å². The van der Waals surface area contributed by atoms with Gasteiger partial charge in [-0.3, -0.25) is 14.9 Å². The summed E-state index contributed by atoms with van der Waals surface area (Å²) in [6.07, 6.45) is 4.29. The summed E-state index contributed by atoms with van der Waals surface area (Å²) in [5, 5.41) is 10.7. The van der Waals surface area contributed by atoms with Crippen LogP contribution in [0.5, 0.6) is 5.75 Å². The number of hydrogen-bond donors (Lipinski definition) is 2. The lowest BCUT2D eigenvalue weighted by Gasteiger charge is -2.06. The summed E-state index contributed by atoms with van der Waals surface area (Å²) in [5.41, 5.74) is 7.95. The van der Waals surface area contributed by atoms with E-state index in [1.165, 1.54) is 25.2 Å². The fourth-order valence-corrected chi connectivity index (χ4v) is 2.52. The Labute approximate surface area is 166 Å². The van der Waals surface area contributed by atoms with Crippen molar-refractivity contribution < 1.29 is 14.5 Å². The molecule has 0 atom stereocenters. The van der Waals surface area contributed by atoms with Crippen molar-refractivity contribution in [3.8, 4) is 17.1 Å². The number of nitrogens with two attached hydrogens (primary N) is 1. The van der Waals surface area contributed by atoms with Crippen LogP contribution in [-0.2, 0) is 0 Å². The van der Waals surface area contributed by atoms with Gasteiger partial charge in [0.25, 0.3) is 0 Å². The summed E-state index contributed by atoms with van der Waals surface area (Å²) in [6.45, 7) is 5.04. The van der Waals surface area contributed by atoms with Crippen LogP contribution in [0.1, 0.15) is 17.3 Å². The number of hydrogen-bond acceptors (Lipinski definition) is 5. The van der Waals surface area contributed by atoms with Crippen molar-refractivity contribution in [2.24, 2.45) is 5.73 Å². The Morgan fingerprint density at radius 2 is 1.97 bits per heavy atom. The van der Waals surface area contributed by atoms with Gasteiger partial charge in [0.05, 0.1) is 16.0 Å². The first-order chi connectivity index (χ1) is 13.9. The Hall–Kier alpha value is -4.20. The Kier molecular flexibility index (Phi) is 5.54. The highest BCUT2D eigenvalue weighted by atomic mass is 16.6. The highest BCUT2D eigenvalue weighted by Crippen LogP contribution is 2.24. The molecule has 0 aliphatic rings. The van der Waals surface area contributed by atoms with Crippen LogP contribution in [0.25, 0.3) is 22.4 Å². The minimum atomic E-state index is -0.501. The van der Waals surface area contributed by atoms with Crippen LogP contribution in [0.2, 0.25) is 0 Å². The van der Waals surface area contributed by atoms with E-state index in [0.29, 0.717) is 28.4 Å². The highest BCUT2D eigenvalue weighted by molar-refractivity contribution is 5.96. The van der Waals surface area contributed by atoms with Gasteiger partial charge in [0, 0.05) is 24.1 Å². The summed E-state index contributed by atoms with van der Waals surface area (Å²) in [7, 11) is 0. The molecule has 3 aromatic rings. The number of benzene rings is 2. The zero-order chi connectivity index (χ0) is 21.0. The maximum atomic E-state index is 11.3. The molecule has 1 heterocycles. The first kappa shape index (κ1) is 19.6. The largest absolute Gasteiger partial charge is 0.457 e. The summed E-state index contributed by atoms with van der Waals surface area (Å²) < 4.78 is 5.68. The Bertz CT molecular complexity index is 1160. The minimum absolute atomic E-state index is 0.00678. The number of carbonyl (C=O) groups is 1. The molecule has 0 unspecified atom stereocenters. The molecule has 0 fully saturated rings. The quantitative estimate of drug-likeness (QED) is 0.273. The summed E-state index contributed by atoms with van der Waals surface area (Å²) >= 11 is 0. The van der Waals surface area contributed by atoms with E-state index in [4.69, 9.17) is 10.5 Å². The molecule has 2 aromatic carbocycles. The first-order valence-electron chi connectivity index (χ1n) is 8.60. The third-order valence-electron chi connectivity index (χ3n) is 4.11. The number of amides is 1. The number of ether oxygens (including phenoxy) is 1. The zero-order valence-corrected chi connectivity index (χ0v) is 15.6. The van der Waals surface area contributed by atoms with E-state index in [0.717, 1.165) is 11.1 Å².